The van der Waals surface area contributed by atoms with E-state index in [-0.39, 0.29) is 29.6 Å². The van der Waals surface area contributed by atoms with Gasteiger partial charge in [-0.05, 0) is 63.7 Å². The van der Waals surface area contributed by atoms with Crippen LogP contribution >= 0.6 is 0 Å². The lowest BCUT2D eigenvalue weighted by atomic mass is 9.99. The van der Waals surface area contributed by atoms with E-state index in [2.05, 4.69) is 25.5 Å². The van der Waals surface area contributed by atoms with E-state index < -0.39 is 5.82 Å². The van der Waals surface area contributed by atoms with Gasteiger partial charge in [0.05, 0.1) is 0 Å². The van der Waals surface area contributed by atoms with Gasteiger partial charge < -0.3 is 15.4 Å². The van der Waals surface area contributed by atoms with Gasteiger partial charge in [-0.3, -0.25) is 19.4 Å². The number of amides is 2. The van der Waals surface area contributed by atoms with Crippen molar-refractivity contribution < 1.29 is 18.7 Å². The maximum atomic E-state index is 14.7. The second kappa shape index (κ2) is 11.9. The van der Waals surface area contributed by atoms with Crippen LogP contribution in [0.15, 0.2) is 24.4 Å². The van der Waals surface area contributed by atoms with Crippen LogP contribution in [0.25, 0.3) is 0 Å². The summed E-state index contributed by atoms with van der Waals surface area (Å²) in [6.07, 6.45) is 10.1. The molecule has 2 N–H and O–H groups in total. The molecule has 10 heteroatoms. The number of likely N-dealkylation sites (tertiary alicyclic amines) is 1. The van der Waals surface area contributed by atoms with Gasteiger partial charge in [-0.2, -0.15) is 4.98 Å². The maximum Gasteiger partial charge on any atom is 0.229 e. The number of anilines is 3. The summed E-state index contributed by atoms with van der Waals surface area (Å²) in [5.74, 6) is 0.388. The highest BCUT2D eigenvalue weighted by Gasteiger charge is 2.30. The molecule has 0 spiro atoms. The zero-order valence-corrected chi connectivity index (χ0v) is 21.1. The number of hydrogen-bond acceptors (Lipinski definition) is 7. The molecule has 2 aliphatic heterocycles. The lowest BCUT2D eigenvalue weighted by Crippen LogP contribution is -2.34. The van der Waals surface area contributed by atoms with E-state index >= 15 is 0 Å². The number of nitrogens with one attached hydrogen (secondary N) is 2. The van der Waals surface area contributed by atoms with Crippen molar-refractivity contribution in [1.29, 1.82) is 0 Å². The van der Waals surface area contributed by atoms with Gasteiger partial charge in [0.1, 0.15) is 12.4 Å². The Balaban J connectivity index is 1.31. The molecular formula is C27H35FN6O3. The van der Waals surface area contributed by atoms with Gasteiger partial charge in [0.25, 0.3) is 0 Å². The third kappa shape index (κ3) is 6.18. The van der Waals surface area contributed by atoms with Gasteiger partial charge in [0.2, 0.25) is 18.3 Å². The molecule has 1 saturated carbocycles. The number of rotatable bonds is 11. The number of halogens is 1. The summed E-state index contributed by atoms with van der Waals surface area (Å²) < 4.78 is 20.4. The van der Waals surface area contributed by atoms with Crippen LogP contribution < -0.4 is 20.3 Å². The largest absolute Gasteiger partial charge is 0.489 e. The van der Waals surface area contributed by atoms with Crippen molar-refractivity contribution in [2.75, 3.05) is 43.0 Å². The van der Waals surface area contributed by atoms with E-state index in [1.54, 1.807) is 23.2 Å². The molecule has 5 rings (SSSR count). The fraction of sp³-hybridized carbons (Fsp3) is 0.556. The zero-order chi connectivity index (χ0) is 25.6. The van der Waals surface area contributed by atoms with E-state index in [0.717, 1.165) is 63.7 Å². The van der Waals surface area contributed by atoms with Gasteiger partial charge in [0, 0.05) is 48.6 Å². The molecule has 37 heavy (non-hydrogen) atoms. The Morgan fingerprint density at radius 2 is 2.00 bits per heavy atom. The van der Waals surface area contributed by atoms with Crippen molar-refractivity contribution in [3.05, 3.63) is 35.8 Å². The van der Waals surface area contributed by atoms with Crippen LogP contribution in [0.2, 0.25) is 0 Å². The standard InChI is InChI=1S/C27H35FN6O3/c28-23-16-21(7-8-24(23)37-14-13-33-11-3-4-12-33)31-27-30-17-20(15-19-9-10-29-26(19)36)25(32-27)34(18-35)22-5-1-2-6-22/h7-8,16-19,22H,1-6,9-15H2,(H,29,36)(H,30,31,32)/t19-/m0/s1. The molecule has 3 aliphatic rings. The van der Waals surface area contributed by atoms with Gasteiger partial charge in [-0.1, -0.05) is 12.8 Å². The van der Waals surface area contributed by atoms with Crippen LogP contribution in [0.4, 0.5) is 21.8 Å². The Morgan fingerprint density at radius 3 is 2.70 bits per heavy atom. The summed E-state index contributed by atoms with van der Waals surface area (Å²) in [5.41, 5.74) is 1.25. The highest BCUT2D eigenvalue weighted by atomic mass is 19.1. The van der Waals surface area contributed by atoms with Gasteiger partial charge in [-0.25, -0.2) is 9.37 Å². The van der Waals surface area contributed by atoms with Crippen LogP contribution in [0.5, 0.6) is 5.75 Å². The minimum absolute atomic E-state index is 0.0184. The Bertz CT molecular complexity index is 1100. The molecule has 2 aromatic rings. The Kier molecular flexibility index (Phi) is 8.13. The number of aromatic nitrogens is 2. The molecule has 3 fully saturated rings. The topological polar surface area (TPSA) is 99.7 Å². The Morgan fingerprint density at radius 1 is 1.19 bits per heavy atom. The van der Waals surface area contributed by atoms with Gasteiger partial charge >= 0.3 is 0 Å². The minimum Gasteiger partial charge on any atom is -0.489 e. The van der Waals surface area contributed by atoms with Crippen LogP contribution in [-0.2, 0) is 16.0 Å². The molecule has 9 nitrogen and oxygen atoms in total. The third-order valence-electron chi connectivity index (χ3n) is 7.60. The van der Waals surface area contributed by atoms with Gasteiger partial charge in [-0.15, -0.1) is 0 Å². The van der Waals surface area contributed by atoms with E-state index in [9.17, 15) is 14.0 Å². The predicted octanol–water partition coefficient (Wildman–Crippen LogP) is 3.42. The second-order valence-corrected chi connectivity index (χ2v) is 10.1. The quantitative estimate of drug-likeness (QED) is 0.447. The molecule has 1 aromatic heterocycles. The summed E-state index contributed by atoms with van der Waals surface area (Å²) in [5, 5.41) is 5.93. The zero-order valence-electron chi connectivity index (χ0n) is 21.1. The summed E-state index contributed by atoms with van der Waals surface area (Å²) in [7, 11) is 0. The first kappa shape index (κ1) is 25.4. The highest BCUT2D eigenvalue weighted by molar-refractivity contribution is 5.82. The number of nitrogens with zero attached hydrogens (tertiary/aromatic N) is 4. The summed E-state index contributed by atoms with van der Waals surface area (Å²) in [6, 6.07) is 4.76. The molecule has 2 amide bonds. The van der Waals surface area contributed by atoms with E-state index in [0.29, 0.717) is 31.1 Å². The van der Waals surface area contributed by atoms with Gasteiger partial charge in [0.15, 0.2) is 11.6 Å². The predicted molar refractivity (Wildman–Crippen MR) is 139 cm³/mol. The second-order valence-electron chi connectivity index (χ2n) is 10.1. The third-order valence-corrected chi connectivity index (χ3v) is 7.60. The van der Waals surface area contributed by atoms with E-state index in [1.807, 2.05) is 0 Å². The van der Waals surface area contributed by atoms with E-state index in [4.69, 9.17) is 4.74 Å². The molecule has 1 aliphatic carbocycles. The molecule has 2 saturated heterocycles. The number of carbonyl (C=O) groups excluding carboxylic acids is 2. The molecule has 0 radical (unpaired) electrons. The first-order valence-corrected chi connectivity index (χ1v) is 13.4. The van der Waals surface area contributed by atoms with Crippen LogP contribution in [-0.4, -0.2) is 66.0 Å². The normalized spacial score (nSPS) is 20.2. The summed E-state index contributed by atoms with van der Waals surface area (Å²) in [4.78, 5) is 37.5. The average molecular weight is 511 g/mol. The number of carbonyl (C=O) groups is 2. The van der Waals surface area contributed by atoms with Crippen molar-refractivity contribution in [3.63, 3.8) is 0 Å². The van der Waals surface area contributed by atoms with Crippen molar-refractivity contribution in [2.24, 2.45) is 5.92 Å². The SMILES string of the molecule is O=CN(c1nc(Nc2ccc(OCCN3CCCC3)c(F)c2)ncc1C[C@@H]1CCNC1=O)C1CCCC1. The molecule has 0 unspecified atom stereocenters. The van der Waals surface area contributed by atoms with Crippen molar-refractivity contribution in [2.45, 2.75) is 57.4 Å². The molecule has 3 heterocycles. The van der Waals surface area contributed by atoms with Crippen LogP contribution in [0, 0.1) is 11.7 Å². The monoisotopic (exact) mass is 510 g/mol. The van der Waals surface area contributed by atoms with E-state index in [1.165, 1.54) is 18.9 Å². The fourth-order valence-corrected chi connectivity index (χ4v) is 5.54. The maximum absolute atomic E-state index is 14.7. The van der Waals surface area contributed by atoms with Crippen molar-refractivity contribution in [3.8, 4) is 5.75 Å². The average Bonchev–Trinajstić information content (AvgIpc) is 3.67. The number of benzene rings is 1. The Labute approximate surface area is 216 Å². The van der Waals surface area contributed by atoms with Crippen molar-refractivity contribution >= 4 is 29.8 Å². The number of hydrogen-bond donors (Lipinski definition) is 2. The molecule has 1 atom stereocenters. The lowest BCUT2D eigenvalue weighted by molar-refractivity contribution is -0.122. The smallest absolute Gasteiger partial charge is 0.229 e. The molecular weight excluding hydrogens is 475 g/mol. The molecule has 198 valence electrons. The lowest BCUT2D eigenvalue weighted by Gasteiger charge is -2.26. The Hall–Kier alpha value is -3.27. The van der Waals surface area contributed by atoms with Crippen molar-refractivity contribution in [1.82, 2.24) is 20.2 Å². The summed E-state index contributed by atoms with van der Waals surface area (Å²) >= 11 is 0. The highest BCUT2D eigenvalue weighted by Crippen LogP contribution is 2.31. The molecule has 1 aromatic carbocycles. The minimum atomic E-state index is -0.462. The summed E-state index contributed by atoms with van der Waals surface area (Å²) in [6.45, 7) is 4.04. The molecule has 0 bridgehead atoms. The van der Waals surface area contributed by atoms with Crippen LogP contribution in [0.3, 0.4) is 0 Å². The van der Waals surface area contributed by atoms with Crippen LogP contribution in [0.1, 0.15) is 50.5 Å². The number of ether oxygens (including phenoxy) is 1. The first-order chi connectivity index (χ1) is 18.1. The fourth-order valence-electron chi connectivity index (χ4n) is 5.54. The first-order valence-electron chi connectivity index (χ1n) is 13.4.